The summed E-state index contributed by atoms with van der Waals surface area (Å²) in [4.78, 5) is 22.1. The van der Waals surface area contributed by atoms with E-state index in [1.54, 1.807) is 24.3 Å². The van der Waals surface area contributed by atoms with Crippen LogP contribution in [0, 0.1) is 17.0 Å². The first kappa shape index (κ1) is 22.6. The first-order chi connectivity index (χ1) is 15.2. The van der Waals surface area contributed by atoms with Gasteiger partial charge in [0, 0.05) is 12.1 Å². The Morgan fingerprint density at radius 3 is 2.25 bits per heavy atom. The summed E-state index contributed by atoms with van der Waals surface area (Å²) in [6.07, 6.45) is 1.41. The van der Waals surface area contributed by atoms with Crippen LogP contribution in [0.4, 0.5) is 5.69 Å². The summed E-state index contributed by atoms with van der Waals surface area (Å²) in [7, 11) is -3.94. The number of carbonyl (C=O) groups excluding carboxylic acids is 1. The predicted molar refractivity (Wildman–Crippen MR) is 118 cm³/mol. The quantitative estimate of drug-likeness (QED) is 0.241. The maximum absolute atomic E-state index is 12.3. The minimum Gasteiger partial charge on any atom is -0.379 e. The van der Waals surface area contributed by atoms with Crippen molar-refractivity contribution in [1.82, 2.24) is 5.43 Å². The number of aryl methyl sites for hydroxylation is 1. The summed E-state index contributed by atoms with van der Waals surface area (Å²) >= 11 is 0. The average molecular weight is 453 g/mol. The van der Waals surface area contributed by atoms with E-state index in [0.29, 0.717) is 11.1 Å². The van der Waals surface area contributed by atoms with E-state index in [0.717, 1.165) is 5.56 Å². The Balaban J connectivity index is 1.54. The average Bonchev–Trinajstić information content (AvgIpc) is 2.75. The summed E-state index contributed by atoms with van der Waals surface area (Å²) in [5.41, 5.74) is 4.48. The fourth-order valence-corrected chi connectivity index (χ4v) is 3.56. The van der Waals surface area contributed by atoms with Gasteiger partial charge < -0.3 is 4.18 Å². The first-order valence-corrected chi connectivity index (χ1v) is 10.8. The van der Waals surface area contributed by atoms with Crippen LogP contribution in [-0.4, -0.2) is 25.5 Å². The van der Waals surface area contributed by atoms with Crippen molar-refractivity contribution >= 4 is 27.9 Å². The van der Waals surface area contributed by atoms with Gasteiger partial charge in [-0.3, -0.25) is 14.9 Å². The van der Waals surface area contributed by atoms with E-state index in [1.165, 1.54) is 54.7 Å². The molecule has 10 heteroatoms. The number of hydrogen-bond acceptors (Lipinski definition) is 7. The Hall–Kier alpha value is -4.05. The van der Waals surface area contributed by atoms with Gasteiger partial charge in [0.15, 0.2) is 0 Å². The van der Waals surface area contributed by atoms with Gasteiger partial charge in [0.05, 0.1) is 17.6 Å². The van der Waals surface area contributed by atoms with Crippen molar-refractivity contribution in [2.75, 3.05) is 0 Å². The number of benzene rings is 3. The second-order valence-electron chi connectivity index (χ2n) is 6.81. The summed E-state index contributed by atoms with van der Waals surface area (Å²) in [6, 6.07) is 18.1. The van der Waals surface area contributed by atoms with Crippen LogP contribution in [0.3, 0.4) is 0 Å². The Morgan fingerprint density at radius 1 is 1.03 bits per heavy atom. The highest BCUT2D eigenvalue weighted by atomic mass is 32.2. The van der Waals surface area contributed by atoms with E-state index >= 15 is 0 Å². The molecule has 3 aromatic carbocycles. The van der Waals surface area contributed by atoms with Crippen LogP contribution in [0.1, 0.15) is 16.7 Å². The normalized spacial score (nSPS) is 11.3. The van der Waals surface area contributed by atoms with Crippen LogP contribution in [0.5, 0.6) is 5.75 Å². The molecule has 1 N–H and O–H groups in total. The van der Waals surface area contributed by atoms with E-state index in [-0.39, 0.29) is 28.7 Å². The Kier molecular flexibility index (Phi) is 6.96. The number of hydrazone groups is 1. The molecule has 3 aromatic rings. The summed E-state index contributed by atoms with van der Waals surface area (Å²) < 4.78 is 29.8. The lowest BCUT2D eigenvalue weighted by Crippen LogP contribution is -2.19. The van der Waals surface area contributed by atoms with Crippen LogP contribution >= 0.6 is 0 Å². The van der Waals surface area contributed by atoms with Crippen molar-refractivity contribution in [2.45, 2.75) is 18.2 Å². The Bertz CT molecular complexity index is 1240. The fourth-order valence-electron chi connectivity index (χ4n) is 2.63. The number of carbonyl (C=O) groups is 1. The van der Waals surface area contributed by atoms with Crippen LogP contribution in [0.25, 0.3) is 0 Å². The molecule has 0 fully saturated rings. The molecule has 0 aliphatic heterocycles. The summed E-state index contributed by atoms with van der Waals surface area (Å²) in [5.74, 6) is -0.246. The van der Waals surface area contributed by atoms with Crippen molar-refractivity contribution < 1.29 is 22.3 Å². The van der Waals surface area contributed by atoms with Gasteiger partial charge in [-0.1, -0.05) is 29.8 Å². The van der Waals surface area contributed by atoms with Crippen LogP contribution < -0.4 is 9.61 Å². The Morgan fingerprint density at radius 2 is 1.66 bits per heavy atom. The molecule has 0 unspecified atom stereocenters. The molecule has 32 heavy (non-hydrogen) atoms. The Labute approximate surface area is 184 Å². The number of nitro benzene ring substituents is 1. The number of nitro groups is 1. The molecule has 3 rings (SSSR count). The molecule has 1 amide bonds. The number of non-ortho nitro benzene ring substituents is 1. The molecule has 0 atom stereocenters. The molecule has 0 saturated heterocycles. The lowest BCUT2D eigenvalue weighted by Gasteiger charge is -2.07. The van der Waals surface area contributed by atoms with E-state index in [4.69, 9.17) is 4.18 Å². The van der Waals surface area contributed by atoms with E-state index in [1.807, 2.05) is 6.92 Å². The van der Waals surface area contributed by atoms with Gasteiger partial charge in [-0.25, -0.2) is 5.43 Å². The number of amides is 1. The minimum atomic E-state index is -3.94. The van der Waals surface area contributed by atoms with Crippen LogP contribution in [0.2, 0.25) is 0 Å². The molecule has 164 valence electrons. The van der Waals surface area contributed by atoms with Crippen LogP contribution in [0.15, 0.2) is 82.8 Å². The number of rotatable bonds is 8. The van der Waals surface area contributed by atoms with Gasteiger partial charge in [0.1, 0.15) is 10.6 Å². The van der Waals surface area contributed by atoms with Crippen LogP contribution in [-0.2, 0) is 21.3 Å². The molecule has 0 saturated carbocycles. The smallest absolute Gasteiger partial charge is 0.339 e. The monoisotopic (exact) mass is 453 g/mol. The van der Waals surface area contributed by atoms with Crippen molar-refractivity contribution in [3.05, 3.63) is 99.6 Å². The van der Waals surface area contributed by atoms with E-state index in [2.05, 4.69) is 10.5 Å². The topological polar surface area (TPSA) is 128 Å². The van der Waals surface area contributed by atoms with Crippen molar-refractivity contribution in [3.8, 4) is 5.75 Å². The van der Waals surface area contributed by atoms with Gasteiger partial charge in [-0.15, -0.1) is 0 Å². The zero-order valence-electron chi connectivity index (χ0n) is 17.0. The third kappa shape index (κ3) is 6.22. The lowest BCUT2D eigenvalue weighted by molar-refractivity contribution is -0.384. The van der Waals surface area contributed by atoms with Gasteiger partial charge in [-0.2, -0.15) is 13.5 Å². The molecular formula is C22H19N3O6S. The molecule has 0 aromatic heterocycles. The number of nitrogens with one attached hydrogen (secondary N) is 1. The van der Waals surface area contributed by atoms with E-state index < -0.39 is 15.0 Å². The second-order valence-corrected chi connectivity index (χ2v) is 8.36. The first-order valence-electron chi connectivity index (χ1n) is 9.39. The van der Waals surface area contributed by atoms with Crippen molar-refractivity contribution in [1.29, 1.82) is 0 Å². The highest BCUT2D eigenvalue weighted by Gasteiger charge is 2.16. The van der Waals surface area contributed by atoms with E-state index in [9.17, 15) is 23.3 Å². The van der Waals surface area contributed by atoms with Gasteiger partial charge >= 0.3 is 10.1 Å². The summed E-state index contributed by atoms with van der Waals surface area (Å²) in [6.45, 7) is 1.86. The minimum absolute atomic E-state index is 0.0129. The standard InChI is InChI=1S/C22H19N3O6S/c1-16-2-12-21(13-3-16)32(29,30)31-20-10-6-18(7-11-20)15-23-24-22(26)14-17-4-8-19(9-5-17)25(27)28/h2-13,15H,14H2,1H3,(H,24,26)/b23-15+. The fraction of sp³-hybridized carbons (Fsp3) is 0.0909. The van der Waals surface area contributed by atoms with Gasteiger partial charge in [-0.05, 0) is 54.4 Å². The van der Waals surface area contributed by atoms with Crippen molar-refractivity contribution in [2.24, 2.45) is 5.10 Å². The second kappa shape index (κ2) is 9.84. The number of nitrogens with zero attached hydrogens (tertiary/aromatic N) is 2. The highest BCUT2D eigenvalue weighted by molar-refractivity contribution is 7.87. The predicted octanol–water partition coefficient (Wildman–Crippen LogP) is 3.36. The highest BCUT2D eigenvalue weighted by Crippen LogP contribution is 2.19. The maximum atomic E-state index is 12.3. The zero-order chi connectivity index (χ0) is 23.1. The zero-order valence-corrected chi connectivity index (χ0v) is 17.8. The molecule has 0 spiro atoms. The molecule has 9 nitrogen and oxygen atoms in total. The molecule has 0 bridgehead atoms. The summed E-state index contributed by atoms with van der Waals surface area (Å²) in [5, 5.41) is 14.5. The third-order valence-corrected chi connectivity index (χ3v) is 5.57. The lowest BCUT2D eigenvalue weighted by atomic mass is 10.1. The molecular weight excluding hydrogens is 434 g/mol. The SMILES string of the molecule is Cc1ccc(S(=O)(=O)Oc2ccc(/C=N/NC(=O)Cc3ccc([N+](=O)[O-])cc3)cc2)cc1. The third-order valence-electron chi connectivity index (χ3n) is 4.31. The van der Waals surface area contributed by atoms with Crippen molar-refractivity contribution in [3.63, 3.8) is 0 Å². The molecule has 0 aliphatic rings. The number of hydrogen-bond donors (Lipinski definition) is 1. The molecule has 0 heterocycles. The molecule has 0 radical (unpaired) electrons. The molecule has 0 aliphatic carbocycles. The largest absolute Gasteiger partial charge is 0.379 e. The van der Waals surface area contributed by atoms with Gasteiger partial charge in [0.2, 0.25) is 5.91 Å². The maximum Gasteiger partial charge on any atom is 0.339 e. The van der Waals surface area contributed by atoms with Gasteiger partial charge in [0.25, 0.3) is 5.69 Å².